The van der Waals surface area contributed by atoms with E-state index in [2.05, 4.69) is 20.7 Å². The summed E-state index contributed by atoms with van der Waals surface area (Å²) >= 11 is 9.34. The van der Waals surface area contributed by atoms with Crippen LogP contribution in [0.4, 0.5) is 5.69 Å². The maximum absolute atomic E-state index is 12.1. The molecule has 0 saturated carbocycles. The fraction of sp³-hybridized carbons (Fsp3) is 0. The lowest BCUT2D eigenvalue weighted by Crippen LogP contribution is -2.17. The lowest BCUT2D eigenvalue weighted by atomic mass is 10.2. The Morgan fingerprint density at radius 2 is 2.11 bits per heavy atom. The van der Waals surface area contributed by atoms with Gasteiger partial charge < -0.3 is 5.73 Å². The van der Waals surface area contributed by atoms with Crippen LogP contribution in [0.3, 0.4) is 0 Å². The molecule has 3 N–H and O–H groups in total. The number of anilines is 1. The van der Waals surface area contributed by atoms with Crippen LogP contribution in [0, 0.1) is 0 Å². The number of benzene rings is 1. The van der Waals surface area contributed by atoms with Crippen molar-refractivity contribution in [2.24, 2.45) is 5.73 Å². The molecule has 0 saturated heterocycles. The summed E-state index contributed by atoms with van der Waals surface area (Å²) in [5.41, 5.74) is 6.43. The van der Waals surface area contributed by atoms with Crippen molar-refractivity contribution >= 4 is 60.2 Å². The molecule has 4 nitrogen and oxygen atoms in total. The second kappa shape index (κ2) is 5.58. The SMILES string of the molecule is NC(=S)c1ccc(Br)cc1NS(=O)(=O)c1cccs1. The summed E-state index contributed by atoms with van der Waals surface area (Å²) in [6.45, 7) is 0. The van der Waals surface area contributed by atoms with E-state index in [-0.39, 0.29) is 9.20 Å². The van der Waals surface area contributed by atoms with Crippen molar-refractivity contribution < 1.29 is 8.42 Å². The van der Waals surface area contributed by atoms with E-state index in [1.54, 1.807) is 29.6 Å². The molecule has 1 heterocycles. The molecule has 1 aromatic carbocycles. The molecule has 0 unspecified atom stereocenters. The highest BCUT2D eigenvalue weighted by Crippen LogP contribution is 2.25. The summed E-state index contributed by atoms with van der Waals surface area (Å²) in [4.78, 5) is 0.136. The summed E-state index contributed by atoms with van der Waals surface area (Å²) in [6, 6.07) is 8.25. The van der Waals surface area contributed by atoms with Crippen molar-refractivity contribution in [3.8, 4) is 0 Å². The first-order valence-corrected chi connectivity index (χ1v) is 8.62. The van der Waals surface area contributed by atoms with Crippen LogP contribution in [-0.2, 0) is 10.0 Å². The van der Waals surface area contributed by atoms with Crippen LogP contribution < -0.4 is 10.5 Å². The number of nitrogens with one attached hydrogen (secondary N) is 1. The normalized spacial score (nSPS) is 11.2. The zero-order valence-electron chi connectivity index (χ0n) is 9.46. The van der Waals surface area contributed by atoms with Crippen LogP contribution in [0.2, 0.25) is 0 Å². The topological polar surface area (TPSA) is 72.2 Å². The fourth-order valence-corrected chi connectivity index (χ4v) is 4.03. The third-order valence-electron chi connectivity index (χ3n) is 2.25. The Hall–Kier alpha value is -0.960. The van der Waals surface area contributed by atoms with Crippen molar-refractivity contribution in [1.29, 1.82) is 0 Å². The predicted molar refractivity (Wildman–Crippen MR) is 85.2 cm³/mol. The number of hydrogen-bond donors (Lipinski definition) is 2. The van der Waals surface area contributed by atoms with Gasteiger partial charge in [-0.1, -0.05) is 34.2 Å². The van der Waals surface area contributed by atoms with Crippen molar-refractivity contribution in [3.63, 3.8) is 0 Å². The second-order valence-corrected chi connectivity index (χ2v) is 7.80. The summed E-state index contributed by atoms with van der Waals surface area (Å²) in [7, 11) is -3.61. The van der Waals surface area contributed by atoms with Gasteiger partial charge in [-0.25, -0.2) is 8.42 Å². The number of rotatable bonds is 4. The number of sulfonamides is 1. The average molecular weight is 377 g/mol. The van der Waals surface area contributed by atoms with Crippen molar-refractivity contribution in [3.05, 3.63) is 45.7 Å². The summed E-state index contributed by atoms with van der Waals surface area (Å²) in [5.74, 6) is 0. The smallest absolute Gasteiger partial charge is 0.271 e. The minimum Gasteiger partial charge on any atom is -0.389 e. The lowest BCUT2D eigenvalue weighted by Gasteiger charge is -2.11. The Labute approximate surface area is 128 Å². The van der Waals surface area contributed by atoms with Crippen molar-refractivity contribution in [2.75, 3.05) is 4.72 Å². The molecule has 0 aliphatic rings. The van der Waals surface area contributed by atoms with Crippen LogP contribution in [0.1, 0.15) is 5.56 Å². The number of halogens is 1. The molecule has 0 radical (unpaired) electrons. The van der Waals surface area contributed by atoms with Crippen molar-refractivity contribution in [2.45, 2.75) is 4.21 Å². The molecule has 0 amide bonds. The monoisotopic (exact) mass is 376 g/mol. The van der Waals surface area contributed by atoms with E-state index in [9.17, 15) is 8.42 Å². The minimum absolute atomic E-state index is 0.136. The molecule has 0 spiro atoms. The molecule has 100 valence electrons. The molecular formula is C11H9BrN2O2S3. The van der Waals surface area contributed by atoms with E-state index in [1.807, 2.05) is 0 Å². The van der Waals surface area contributed by atoms with Gasteiger partial charge >= 0.3 is 0 Å². The molecule has 1 aromatic heterocycles. The maximum Gasteiger partial charge on any atom is 0.271 e. The Morgan fingerprint density at radius 3 is 2.68 bits per heavy atom. The fourth-order valence-electron chi connectivity index (χ4n) is 1.43. The highest BCUT2D eigenvalue weighted by atomic mass is 79.9. The second-order valence-electron chi connectivity index (χ2n) is 3.59. The minimum atomic E-state index is -3.61. The first kappa shape index (κ1) is 14.4. The van der Waals surface area contributed by atoms with Crippen LogP contribution in [0.15, 0.2) is 44.4 Å². The molecule has 2 rings (SSSR count). The highest BCUT2D eigenvalue weighted by Gasteiger charge is 2.17. The van der Waals surface area contributed by atoms with E-state index < -0.39 is 10.0 Å². The van der Waals surface area contributed by atoms with Crippen LogP contribution >= 0.6 is 39.5 Å². The third kappa shape index (κ3) is 3.33. The number of nitrogens with two attached hydrogens (primary N) is 1. The van der Waals surface area contributed by atoms with Crippen LogP contribution in [0.25, 0.3) is 0 Å². The summed E-state index contributed by atoms with van der Waals surface area (Å²) < 4.78 is 27.8. The van der Waals surface area contributed by atoms with E-state index in [1.165, 1.54) is 6.07 Å². The van der Waals surface area contributed by atoms with Gasteiger partial charge in [-0.05, 0) is 29.6 Å². The predicted octanol–water partition coefficient (Wildman–Crippen LogP) is 2.95. The number of thiophene rings is 1. The Morgan fingerprint density at radius 1 is 1.37 bits per heavy atom. The first-order valence-electron chi connectivity index (χ1n) is 5.06. The molecule has 0 aliphatic carbocycles. The summed E-state index contributed by atoms with van der Waals surface area (Å²) in [5, 5.41) is 1.70. The molecule has 19 heavy (non-hydrogen) atoms. The van der Waals surface area contributed by atoms with Gasteiger partial charge in [0.15, 0.2) is 0 Å². The number of thiocarbonyl (C=S) groups is 1. The van der Waals surface area contributed by atoms with E-state index >= 15 is 0 Å². The Balaban J connectivity index is 2.44. The van der Waals surface area contributed by atoms with E-state index in [0.29, 0.717) is 11.3 Å². The Kier molecular flexibility index (Phi) is 4.24. The van der Waals surface area contributed by atoms with Gasteiger partial charge in [-0.3, -0.25) is 4.72 Å². The van der Waals surface area contributed by atoms with Gasteiger partial charge in [0.05, 0.1) is 5.69 Å². The van der Waals surface area contributed by atoms with Crippen LogP contribution in [0.5, 0.6) is 0 Å². The van der Waals surface area contributed by atoms with Gasteiger partial charge in [0, 0.05) is 10.0 Å². The largest absolute Gasteiger partial charge is 0.389 e. The zero-order valence-corrected chi connectivity index (χ0v) is 13.5. The molecule has 0 aliphatic heterocycles. The zero-order chi connectivity index (χ0) is 14.0. The Bertz CT molecular complexity index is 712. The molecule has 2 aromatic rings. The van der Waals surface area contributed by atoms with Crippen LogP contribution in [-0.4, -0.2) is 13.4 Å². The molecule has 0 fully saturated rings. The molecular weight excluding hydrogens is 368 g/mol. The standard InChI is InChI=1S/C11H9BrN2O2S3/c12-7-3-4-8(11(13)17)9(6-7)14-19(15,16)10-2-1-5-18-10/h1-6,14H,(H2,13,17). The lowest BCUT2D eigenvalue weighted by molar-refractivity contribution is 0.603. The van der Waals surface area contributed by atoms with Gasteiger partial charge in [0.1, 0.15) is 9.20 Å². The van der Waals surface area contributed by atoms with Crippen molar-refractivity contribution in [1.82, 2.24) is 0 Å². The molecule has 0 bridgehead atoms. The first-order chi connectivity index (χ1) is 8.90. The van der Waals surface area contributed by atoms with Gasteiger partial charge in [-0.15, -0.1) is 11.3 Å². The summed E-state index contributed by atoms with van der Waals surface area (Å²) in [6.07, 6.45) is 0. The van der Waals surface area contributed by atoms with Gasteiger partial charge in [0.2, 0.25) is 0 Å². The van der Waals surface area contributed by atoms with E-state index in [0.717, 1.165) is 15.8 Å². The maximum atomic E-state index is 12.1. The number of hydrogen-bond acceptors (Lipinski definition) is 4. The molecule has 0 atom stereocenters. The molecule has 8 heteroatoms. The quantitative estimate of drug-likeness (QED) is 0.804. The highest BCUT2D eigenvalue weighted by molar-refractivity contribution is 9.10. The average Bonchev–Trinajstić information content (AvgIpc) is 2.81. The van der Waals surface area contributed by atoms with Gasteiger partial charge in [0.25, 0.3) is 10.0 Å². The third-order valence-corrected chi connectivity index (χ3v) is 5.73. The van der Waals surface area contributed by atoms with Gasteiger partial charge in [-0.2, -0.15) is 0 Å². The van der Waals surface area contributed by atoms with E-state index in [4.69, 9.17) is 18.0 Å².